The molecule has 0 spiro atoms. The van der Waals surface area contributed by atoms with Crippen LogP contribution in [0.2, 0.25) is 0 Å². The molecule has 0 amide bonds. The molecule has 0 aromatic carbocycles. The Morgan fingerprint density at radius 2 is 1.82 bits per heavy atom. The fourth-order valence-electron chi connectivity index (χ4n) is 1.41. The number of halogens is 3. The number of hydrogen-bond acceptors (Lipinski definition) is 4. The van der Waals surface area contributed by atoms with E-state index >= 15 is 0 Å². The summed E-state index contributed by atoms with van der Waals surface area (Å²) >= 11 is 0. The molecule has 4 nitrogen and oxygen atoms in total. The Bertz CT molecular complexity index is 403. The van der Waals surface area contributed by atoms with Crippen LogP contribution in [0.5, 0.6) is 0 Å². The highest BCUT2D eigenvalue weighted by atomic mass is 19.4. The summed E-state index contributed by atoms with van der Waals surface area (Å²) in [5.41, 5.74) is 6.24. The highest BCUT2D eigenvalue weighted by Crippen LogP contribution is 2.24. The van der Waals surface area contributed by atoms with E-state index in [-0.39, 0.29) is 6.54 Å². The molecule has 0 bridgehead atoms. The second kappa shape index (κ2) is 4.77. The monoisotopic (exact) mass is 248 g/mol. The molecule has 7 heteroatoms. The molecule has 0 radical (unpaired) electrons. The average Bonchev–Trinajstić information content (AvgIpc) is 2.19. The number of aryl methyl sites for hydroxylation is 1. The molecule has 2 N–H and O–H groups in total. The molecule has 1 aromatic rings. The van der Waals surface area contributed by atoms with E-state index in [1.165, 1.54) is 4.90 Å². The standard InChI is InChI=1S/C10H15F3N4/c1-6-8(14)15-7(2)16-9(6)17(3)5-4-10(11,12)13/h4-5H2,1-3H3,(H2,14,15,16). The van der Waals surface area contributed by atoms with Gasteiger partial charge in [0.2, 0.25) is 0 Å². The Kier molecular flexibility index (Phi) is 3.79. The van der Waals surface area contributed by atoms with Gasteiger partial charge in [-0.25, -0.2) is 9.97 Å². The number of rotatable bonds is 3. The molecule has 0 unspecified atom stereocenters. The lowest BCUT2D eigenvalue weighted by atomic mass is 10.2. The second-order valence-electron chi connectivity index (χ2n) is 3.89. The van der Waals surface area contributed by atoms with E-state index < -0.39 is 12.6 Å². The molecule has 17 heavy (non-hydrogen) atoms. The molecule has 1 heterocycles. The van der Waals surface area contributed by atoms with Crippen molar-refractivity contribution in [3.63, 3.8) is 0 Å². The van der Waals surface area contributed by atoms with Crippen LogP contribution in [-0.2, 0) is 0 Å². The Hall–Kier alpha value is -1.53. The smallest absolute Gasteiger partial charge is 0.383 e. The summed E-state index contributed by atoms with van der Waals surface area (Å²) in [6.07, 6.45) is -5.05. The predicted molar refractivity (Wildman–Crippen MR) is 59.9 cm³/mol. The van der Waals surface area contributed by atoms with Gasteiger partial charge in [0.1, 0.15) is 17.5 Å². The van der Waals surface area contributed by atoms with Crippen LogP contribution in [0, 0.1) is 13.8 Å². The van der Waals surface area contributed by atoms with Crippen molar-refractivity contribution in [1.29, 1.82) is 0 Å². The van der Waals surface area contributed by atoms with Crippen LogP contribution >= 0.6 is 0 Å². The zero-order chi connectivity index (χ0) is 13.2. The summed E-state index contributed by atoms with van der Waals surface area (Å²) < 4.78 is 36.3. The van der Waals surface area contributed by atoms with E-state index in [0.717, 1.165) is 0 Å². The molecule has 0 saturated heterocycles. The van der Waals surface area contributed by atoms with Gasteiger partial charge in [-0.1, -0.05) is 0 Å². The van der Waals surface area contributed by atoms with Crippen molar-refractivity contribution in [2.45, 2.75) is 26.4 Å². The molecule has 0 aliphatic heterocycles. The van der Waals surface area contributed by atoms with Crippen molar-refractivity contribution in [1.82, 2.24) is 9.97 Å². The number of hydrogen-bond donors (Lipinski definition) is 1. The molecule has 0 aliphatic rings. The van der Waals surface area contributed by atoms with Crippen LogP contribution in [0.1, 0.15) is 17.8 Å². The minimum Gasteiger partial charge on any atom is -0.383 e. The summed E-state index contributed by atoms with van der Waals surface area (Å²) in [4.78, 5) is 9.48. The number of nitrogens with two attached hydrogens (primary N) is 1. The van der Waals surface area contributed by atoms with Crippen LogP contribution < -0.4 is 10.6 Å². The lowest BCUT2D eigenvalue weighted by Gasteiger charge is -2.21. The Morgan fingerprint density at radius 3 is 2.35 bits per heavy atom. The van der Waals surface area contributed by atoms with Gasteiger partial charge in [-0.15, -0.1) is 0 Å². The number of anilines is 2. The lowest BCUT2D eigenvalue weighted by molar-refractivity contribution is -0.132. The summed E-state index contributed by atoms with van der Waals surface area (Å²) in [6, 6.07) is 0. The van der Waals surface area contributed by atoms with Crippen LogP contribution in [-0.4, -0.2) is 29.7 Å². The van der Waals surface area contributed by atoms with Crippen LogP contribution in [0.15, 0.2) is 0 Å². The number of alkyl halides is 3. The van der Waals surface area contributed by atoms with E-state index in [9.17, 15) is 13.2 Å². The van der Waals surface area contributed by atoms with E-state index in [4.69, 9.17) is 5.73 Å². The van der Waals surface area contributed by atoms with Crippen LogP contribution in [0.25, 0.3) is 0 Å². The van der Waals surface area contributed by atoms with Crippen molar-refractivity contribution in [3.05, 3.63) is 11.4 Å². The first-order chi connectivity index (χ1) is 7.70. The number of aromatic nitrogens is 2. The minimum atomic E-state index is -4.17. The molecule has 0 fully saturated rings. The van der Waals surface area contributed by atoms with E-state index in [0.29, 0.717) is 23.0 Å². The zero-order valence-electron chi connectivity index (χ0n) is 9.97. The fraction of sp³-hybridized carbons (Fsp3) is 0.600. The maximum Gasteiger partial charge on any atom is 0.390 e. The summed E-state index contributed by atoms with van der Waals surface area (Å²) in [5, 5.41) is 0. The molecule has 1 rings (SSSR count). The first-order valence-corrected chi connectivity index (χ1v) is 5.09. The fourth-order valence-corrected chi connectivity index (χ4v) is 1.41. The van der Waals surface area contributed by atoms with E-state index in [1.54, 1.807) is 20.9 Å². The molecular formula is C10H15F3N4. The van der Waals surface area contributed by atoms with Gasteiger partial charge in [0, 0.05) is 19.2 Å². The molecule has 0 aliphatic carbocycles. The van der Waals surface area contributed by atoms with Crippen molar-refractivity contribution < 1.29 is 13.2 Å². The van der Waals surface area contributed by atoms with E-state index in [1.807, 2.05) is 0 Å². The maximum absolute atomic E-state index is 12.1. The van der Waals surface area contributed by atoms with Crippen molar-refractivity contribution in [2.24, 2.45) is 0 Å². The third kappa shape index (κ3) is 3.76. The van der Waals surface area contributed by atoms with Gasteiger partial charge >= 0.3 is 6.18 Å². The summed E-state index contributed by atoms with van der Waals surface area (Å²) in [7, 11) is 1.56. The topological polar surface area (TPSA) is 55.0 Å². The highest BCUT2D eigenvalue weighted by Gasteiger charge is 2.27. The zero-order valence-corrected chi connectivity index (χ0v) is 9.97. The Labute approximate surface area is 97.7 Å². The first-order valence-electron chi connectivity index (χ1n) is 5.09. The summed E-state index contributed by atoms with van der Waals surface area (Å²) in [5.74, 6) is 1.19. The molecule has 1 aromatic heterocycles. The third-order valence-electron chi connectivity index (χ3n) is 2.36. The Morgan fingerprint density at radius 1 is 1.24 bits per heavy atom. The average molecular weight is 248 g/mol. The van der Waals surface area contributed by atoms with Crippen LogP contribution in [0.3, 0.4) is 0 Å². The maximum atomic E-state index is 12.1. The quantitative estimate of drug-likeness (QED) is 0.889. The highest BCUT2D eigenvalue weighted by molar-refractivity contribution is 5.55. The molecular weight excluding hydrogens is 233 g/mol. The van der Waals surface area contributed by atoms with Crippen molar-refractivity contribution in [2.75, 3.05) is 24.2 Å². The molecule has 0 saturated carbocycles. The lowest BCUT2D eigenvalue weighted by Crippen LogP contribution is -2.26. The van der Waals surface area contributed by atoms with Gasteiger partial charge < -0.3 is 10.6 Å². The van der Waals surface area contributed by atoms with Crippen molar-refractivity contribution in [3.8, 4) is 0 Å². The number of nitrogens with zero attached hydrogens (tertiary/aromatic N) is 3. The van der Waals surface area contributed by atoms with Crippen molar-refractivity contribution >= 4 is 11.6 Å². The van der Waals surface area contributed by atoms with Gasteiger partial charge in [-0.3, -0.25) is 0 Å². The normalized spacial score (nSPS) is 11.6. The van der Waals surface area contributed by atoms with Gasteiger partial charge in [-0.2, -0.15) is 13.2 Å². The van der Waals surface area contributed by atoms with E-state index in [2.05, 4.69) is 9.97 Å². The summed E-state index contributed by atoms with van der Waals surface area (Å²) in [6.45, 7) is 3.19. The van der Waals surface area contributed by atoms with Gasteiger partial charge in [-0.05, 0) is 13.8 Å². The van der Waals surface area contributed by atoms with Gasteiger partial charge in [0.15, 0.2) is 0 Å². The minimum absolute atomic E-state index is 0.153. The molecule has 0 atom stereocenters. The Balaban J connectivity index is 2.85. The number of nitrogen functional groups attached to an aromatic ring is 1. The molecule has 96 valence electrons. The largest absolute Gasteiger partial charge is 0.390 e. The second-order valence-corrected chi connectivity index (χ2v) is 3.89. The van der Waals surface area contributed by atoms with Gasteiger partial charge in [0.25, 0.3) is 0 Å². The van der Waals surface area contributed by atoms with Crippen LogP contribution in [0.4, 0.5) is 24.8 Å². The SMILES string of the molecule is Cc1nc(N)c(C)c(N(C)CCC(F)(F)F)n1. The van der Waals surface area contributed by atoms with Gasteiger partial charge in [0.05, 0.1) is 6.42 Å². The first kappa shape index (κ1) is 13.5. The predicted octanol–water partition coefficient (Wildman–Crippen LogP) is 2.06. The third-order valence-corrected chi connectivity index (χ3v) is 2.36.